The van der Waals surface area contributed by atoms with Crippen molar-refractivity contribution in [3.8, 4) is 23.1 Å². The Morgan fingerprint density at radius 2 is 1.91 bits per heavy atom. The number of rotatable bonds is 8. The first-order chi connectivity index (χ1) is 16.3. The fourth-order valence-corrected chi connectivity index (χ4v) is 3.71. The number of anilines is 1. The molecule has 7 nitrogen and oxygen atoms in total. The first kappa shape index (κ1) is 23.5. The van der Waals surface area contributed by atoms with Crippen LogP contribution in [0.3, 0.4) is 0 Å². The summed E-state index contributed by atoms with van der Waals surface area (Å²) in [7, 11) is 1.51. The number of benzene rings is 2. The average Bonchev–Trinajstić information content (AvgIpc) is 3.50. The zero-order valence-corrected chi connectivity index (χ0v) is 18.7. The van der Waals surface area contributed by atoms with E-state index < -0.39 is 11.7 Å². The second-order valence-corrected chi connectivity index (χ2v) is 7.98. The molecule has 0 saturated heterocycles. The molecule has 2 aromatic heterocycles. The number of carbonyl (C=O) groups excluding carboxylic acids is 1. The van der Waals surface area contributed by atoms with E-state index in [2.05, 4.69) is 15.4 Å². The van der Waals surface area contributed by atoms with E-state index >= 15 is 0 Å². The Morgan fingerprint density at radius 3 is 2.65 bits per heavy atom. The van der Waals surface area contributed by atoms with E-state index in [0.29, 0.717) is 16.3 Å². The van der Waals surface area contributed by atoms with E-state index in [1.54, 1.807) is 41.8 Å². The van der Waals surface area contributed by atoms with Crippen molar-refractivity contribution >= 4 is 22.9 Å². The molecule has 0 aliphatic rings. The molecule has 0 atom stereocenters. The molecule has 11 heteroatoms. The molecule has 0 bridgehead atoms. The van der Waals surface area contributed by atoms with Gasteiger partial charge in [0, 0.05) is 18.4 Å². The first-order valence-electron chi connectivity index (χ1n) is 10.1. The van der Waals surface area contributed by atoms with E-state index in [4.69, 9.17) is 9.47 Å². The van der Waals surface area contributed by atoms with Crippen molar-refractivity contribution in [2.24, 2.45) is 0 Å². The van der Waals surface area contributed by atoms with Crippen LogP contribution in [0.4, 0.5) is 18.9 Å². The van der Waals surface area contributed by atoms with E-state index in [1.165, 1.54) is 35.3 Å². The molecule has 0 fully saturated rings. The molecule has 2 aromatic carbocycles. The van der Waals surface area contributed by atoms with Gasteiger partial charge < -0.3 is 14.8 Å². The van der Waals surface area contributed by atoms with Crippen LogP contribution in [0.25, 0.3) is 17.1 Å². The normalized spacial score (nSPS) is 11.4. The molecule has 34 heavy (non-hydrogen) atoms. The minimum absolute atomic E-state index is 0.0162. The highest BCUT2D eigenvalue weighted by Crippen LogP contribution is 2.33. The van der Waals surface area contributed by atoms with E-state index in [0.717, 1.165) is 12.1 Å². The molecule has 4 aromatic rings. The van der Waals surface area contributed by atoms with Gasteiger partial charge in [-0.1, -0.05) is 24.3 Å². The van der Waals surface area contributed by atoms with Gasteiger partial charge in [-0.05, 0) is 41.8 Å². The molecule has 0 aliphatic carbocycles. The minimum atomic E-state index is -4.51. The Hall–Kier alpha value is -3.70. The highest BCUT2D eigenvalue weighted by Gasteiger charge is 2.31. The lowest BCUT2D eigenvalue weighted by atomic mass is 10.1. The summed E-state index contributed by atoms with van der Waals surface area (Å²) < 4.78 is 51.7. The number of aromatic nitrogens is 3. The smallest absolute Gasteiger partial charge is 0.416 e. The molecule has 0 spiro atoms. The third-order valence-electron chi connectivity index (χ3n) is 4.65. The molecule has 176 valence electrons. The highest BCUT2D eigenvalue weighted by molar-refractivity contribution is 7.12. The van der Waals surface area contributed by atoms with E-state index in [-0.39, 0.29) is 36.5 Å². The second kappa shape index (κ2) is 10.1. The van der Waals surface area contributed by atoms with Gasteiger partial charge in [-0.2, -0.15) is 18.2 Å². The first-order valence-corrected chi connectivity index (χ1v) is 10.9. The number of methoxy groups -OCH3 is 1. The van der Waals surface area contributed by atoms with Crippen LogP contribution in [0.2, 0.25) is 0 Å². The van der Waals surface area contributed by atoms with Crippen molar-refractivity contribution in [2.75, 3.05) is 25.6 Å². The Kier molecular flexibility index (Phi) is 6.94. The number of alkyl halides is 3. The molecule has 2 heterocycles. The minimum Gasteiger partial charge on any atom is -0.460 e. The van der Waals surface area contributed by atoms with Crippen LogP contribution in [0.5, 0.6) is 6.01 Å². The molecule has 0 aliphatic heterocycles. The zero-order chi connectivity index (χ0) is 24.1. The maximum Gasteiger partial charge on any atom is 0.416 e. The molecule has 0 saturated carbocycles. The van der Waals surface area contributed by atoms with Crippen LogP contribution >= 0.6 is 11.3 Å². The number of thiophene rings is 1. The third kappa shape index (κ3) is 5.43. The van der Waals surface area contributed by atoms with Crippen LogP contribution in [0.15, 0.2) is 66.0 Å². The molecule has 4 rings (SSSR count). The standard InChI is InChI=1S/C23H19F3N4O3S/c1-32-10-11-33-22-28-20(15-5-2-6-16(13-15)23(24,25)26)30(29-22)18-8-3-7-17(14-18)27-21(31)19-9-4-12-34-19/h2-9,12-14H,10-11H2,1H3,(H,27,31). The highest BCUT2D eigenvalue weighted by atomic mass is 32.1. The number of hydrogen-bond donors (Lipinski definition) is 1. The molecule has 1 N–H and O–H groups in total. The van der Waals surface area contributed by atoms with Gasteiger partial charge >= 0.3 is 12.2 Å². The number of carbonyl (C=O) groups is 1. The summed E-state index contributed by atoms with van der Waals surface area (Å²) in [5.41, 5.74) is 0.365. The summed E-state index contributed by atoms with van der Waals surface area (Å²) in [6.07, 6.45) is -4.51. The number of nitrogens with zero attached hydrogens (tertiary/aromatic N) is 3. The predicted molar refractivity (Wildman–Crippen MR) is 121 cm³/mol. The SMILES string of the molecule is COCCOc1nc(-c2cccc(C(F)(F)F)c2)n(-c2cccc(NC(=O)c3cccs3)c2)n1. The predicted octanol–water partition coefficient (Wildman–Crippen LogP) is 5.29. The summed E-state index contributed by atoms with van der Waals surface area (Å²) in [5, 5.41) is 8.93. The van der Waals surface area contributed by atoms with Gasteiger partial charge in [0.1, 0.15) is 6.61 Å². The Bertz CT molecular complexity index is 1270. The Balaban J connectivity index is 1.71. The maximum atomic E-state index is 13.3. The molecule has 0 radical (unpaired) electrons. The van der Waals surface area contributed by atoms with Crippen LogP contribution in [-0.4, -0.2) is 41.0 Å². The summed E-state index contributed by atoms with van der Waals surface area (Å²) >= 11 is 1.31. The van der Waals surface area contributed by atoms with Gasteiger partial charge in [0.25, 0.3) is 5.91 Å². The summed E-state index contributed by atoms with van der Waals surface area (Å²) in [4.78, 5) is 17.3. The van der Waals surface area contributed by atoms with Gasteiger partial charge in [-0.25, -0.2) is 4.68 Å². The zero-order valence-electron chi connectivity index (χ0n) is 17.9. The number of ether oxygens (including phenoxy) is 2. The Morgan fingerprint density at radius 1 is 1.09 bits per heavy atom. The van der Waals surface area contributed by atoms with Crippen LogP contribution in [-0.2, 0) is 10.9 Å². The van der Waals surface area contributed by atoms with Crippen molar-refractivity contribution in [1.29, 1.82) is 0 Å². The van der Waals surface area contributed by atoms with Crippen molar-refractivity contribution < 1.29 is 27.4 Å². The van der Waals surface area contributed by atoms with Crippen LogP contribution in [0, 0.1) is 0 Å². The number of amides is 1. The van der Waals surface area contributed by atoms with Gasteiger partial charge in [-0.15, -0.1) is 16.4 Å². The molecule has 0 unspecified atom stereocenters. The second-order valence-electron chi connectivity index (χ2n) is 7.03. The summed E-state index contributed by atoms with van der Waals surface area (Å²) in [5.74, 6) is -0.118. The lowest BCUT2D eigenvalue weighted by Gasteiger charge is -2.11. The van der Waals surface area contributed by atoms with Crippen molar-refractivity contribution in [2.45, 2.75) is 6.18 Å². The quantitative estimate of drug-likeness (QED) is 0.341. The summed E-state index contributed by atoms with van der Waals surface area (Å²) in [6, 6.07) is 15.0. The van der Waals surface area contributed by atoms with Crippen LogP contribution in [0.1, 0.15) is 15.2 Å². The fraction of sp³-hybridized carbons (Fsp3) is 0.174. The average molecular weight is 488 g/mol. The number of nitrogens with one attached hydrogen (secondary N) is 1. The molecule has 1 amide bonds. The third-order valence-corrected chi connectivity index (χ3v) is 5.52. The van der Waals surface area contributed by atoms with Gasteiger partial charge in [-0.3, -0.25) is 4.79 Å². The molecular formula is C23H19F3N4O3S. The van der Waals surface area contributed by atoms with Crippen LogP contribution < -0.4 is 10.1 Å². The maximum absolute atomic E-state index is 13.3. The Labute approximate surface area is 196 Å². The largest absolute Gasteiger partial charge is 0.460 e. The van der Waals surface area contributed by atoms with Gasteiger partial charge in [0.05, 0.1) is 22.7 Å². The van der Waals surface area contributed by atoms with Crippen molar-refractivity contribution in [3.05, 3.63) is 76.5 Å². The number of hydrogen-bond acceptors (Lipinski definition) is 6. The molecular weight excluding hydrogens is 469 g/mol. The topological polar surface area (TPSA) is 78.3 Å². The number of halogens is 3. The van der Waals surface area contributed by atoms with Crippen molar-refractivity contribution in [1.82, 2.24) is 14.8 Å². The fourth-order valence-electron chi connectivity index (χ4n) is 3.09. The lowest BCUT2D eigenvalue weighted by molar-refractivity contribution is -0.137. The van der Waals surface area contributed by atoms with Crippen molar-refractivity contribution in [3.63, 3.8) is 0 Å². The van der Waals surface area contributed by atoms with E-state index in [1.807, 2.05) is 0 Å². The van der Waals surface area contributed by atoms with Gasteiger partial charge in [0.15, 0.2) is 5.82 Å². The monoisotopic (exact) mass is 488 g/mol. The van der Waals surface area contributed by atoms with Gasteiger partial charge in [0.2, 0.25) is 0 Å². The summed E-state index contributed by atoms with van der Waals surface area (Å²) in [6.45, 7) is 0.455. The van der Waals surface area contributed by atoms with E-state index in [9.17, 15) is 18.0 Å². The lowest BCUT2D eigenvalue weighted by Crippen LogP contribution is -2.10.